The first-order valence-electron chi connectivity index (χ1n) is 38.0. The van der Waals surface area contributed by atoms with Gasteiger partial charge in [0, 0.05) is 41.9 Å². The van der Waals surface area contributed by atoms with Crippen LogP contribution in [0, 0.1) is 56.3 Å². The summed E-state index contributed by atoms with van der Waals surface area (Å²) < 4.78 is 72.2. The second kappa shape index (κ2) is 40.2. The highest BCUT2D eigenvalue weighted by atomic mass is 31.1. The van der Waals surface area contributed by atoms with Crippen LogP contribution in [0.25, 0.3) is 18.2 Å². The Kier molecular flexibility index (Phi) is 33.6. The molecule has 0 radical (unpaired) electrons. The number of aliphatic hydroxyl groups excluding tert-OH is 2. The van der Waals surface area contributed by atoms with E-state index in [-0.39, 0.29) is 134 Å². The van der Waals surface area contributed by atoms with E-state index >= 15 is 0 Å². The molecule has 3 aromatic rings. The molecule has 2 N–H and O–H groups in total. The lowest BCUT2D eigenvalue weighted by Crippen LogP contribution is -2.29. The van der Waals surface area contributed by atoms with Gasteiger partial charge < -0.3 is 67.1 Å². The first-order chi connectivity index (χ1) is 49.4. The number of cyclic esters (lactones) is 3. The Bertz CT molecular complexity index is 3390. The molecule has 3 saturated heterocycles. The van der Waals surface area contributed by atoms with Crippen molar-refractivity contribution in [2.75, 3.05) is 33.2 Å². The van der Waals surface area contributed by atoms with Gasteiger partial charge in [-0.25, -0.2) is 14.4 Å². The quantitative estimate of drug-likeness (QED) is 0.0745. The fourth-order valence-corrected chi connectivity index (χ4v) is 13.0. The van der Waals surface area contributed by atoms with E-state index in [1.807, 2.05) is 178 Å². The van der Waals surface area contributed by atoms with Crippen LogP contribution < -0.4 is 14.2 Å². The maximum Gasteiger partial charge on any atom is 0.339 e. The average Bonchev–Trinajstić information content (AvgIpc) is 1.16. The molecule has 0 saturated carbocycles. The number of benzene rings is 3. The number of fused-ring (bicyclic) bond motifs is 6. The topological polar surface area (TPSA) is 219 Å². The maximum absolute atomic E-state index is 13.2. The normalized spacial score (nSPS) is 30.9. The predicted molar refractivity (Wildman–Crippen MR) is 418 cm³/mol. The van der Waals surface area contributed by atoms with Gasteiger partial charge in [0.15, 0.2) is 23.1 Å². The molecule has 0 amide bonds. The van der Waals surface area contributed by atoms with Gasteiger partial charge in [0.25, 0.3) is 0 Å². The molecule has 0 aromatic heterocycles. The van der Waals surface area contributed by atoms with E-state index in [0.717, 1.165) is 36.4 Å². The highest BCUT2D eigenvalue weighted by Crippen LogP contribution is 2.40. The van der Waals surface area contributed by atoms with E-state index in [9.17, 15) is 29.4 Å². The van der Waals surface area contributed by atoms with Crippen molar-refractivity contribution in [3.63, 3.8) is 0 Å². The van der Waals surface area contributed by atoms with Crippen LogP contribution in [-0.4, -0.2) is 152 Å². The van der Waals surface area contributed by atoms with Gasteiger partial charge >= 0.3 is 17.9 Å². The molecule has 0 spiro atoms. The number of hydrogen-bond acceptors (Lipinski definition) is 18. The Morgan fingerprint density at radius 2 is 0.714 bits per heavy atom. The highest BCUT2D eigenvalue weighted by molar-refractivity contribution is 7.35. The minimum absolute atomic E-state index is 0.00563. The van der Waals surface area contributed by atoms with Gasteiger partial charge in [-0.3, -0.25) is 4.79 Å². The van der Waals surface area contributed by atoms with Crippen molar-refractivity contribution >= 4 is 50.5 Å². The first kappa shape index (κ1) is 87.6. The minimum Gasteiger partial charge on any atom is -0.491 e. The van der Waals surface area contributed by atoms with E-state index in [2.05, 4.69) is 70.6 Å². The van der Waals surface area contributed by atoms with Crippen LogP contribution >= 0.6 is 8.58 Å². The van der Waals surface area contributed by atoms with Gasteiger partial charge in [-0.2, -0.15) is 0 Å². The van der Waals surface area contributed by atoms with Gasteiger partial charge in [0.2, 0.25) is 0 Å². The van der Waals surface area contributed by atoms with Gasteiger partial charge in [-0.05, 0) is 198 Å². The van der Waals surface area contributed by atoms with Crippen LogP contribution in [-0.2, 0) is 47.4 Å². The van der Waals surface area contributed by atoms with Crippen molar-refractivity contribution in [2.45, 2.75) is 268 Å². The van der Waals surface area contributed by atoms with Crippen LogP contribution in [0.4, 0.5) is 0 Å². The Balaban J connectivity index is 0.000000242. The largest absolute Gasteiger partial charge is 0.491 e. The standard InChI is InChI=1S/2C28H40O6.C28H38O6.C2H7P/c3*1-8-22(29)16-31-23-14-19(4)25-21(15-23)10-9-11-24-26(34-28(6,7)33-24)18(3)13-12-17(2)20(5)32-27(25)30;1-3-2/h2*9-10,12-15,17-18,20,22,24,26,29H,8,11,16H2,1-7H3;9-10,12-15,17-18,20,24,26H,8,11,16H2,1-7H3;3H,1-2H3/b3*10-9+,13-12-;/t2*17-,18?,20+,22?,24+,26?;17-,18?,20+,24+,26?;/m111./s1. The second-order valence-corrected chi connectivity index (χ2v) is 31.5. The predicted octanol–water partition coefficient (Wildman–Crippen LogP) is 17.5. The Morgan fingerprint density at radius 1 is 0.448 bits per heavy atom. The van der Waals surface area contributed by atoms with Gasteiger partial charge in [0.1, 0.15) is 55.4 Å². The lowest BCUT2D eigenvalue weighted by molar-refractivity contribution is -0.148. The Hall–Kier alpha value is -6.31. The maximum atomic E-state index is 13.2. The lowest BCUT2D eigenvalue weighted by atomic mass is 9.94. The number of esters is 3. The third-order valence-corrected chi connectivity index (χ3v) is 19.7. The van der Waals surface area contributed by atoms with Crippen molar-refractivity contribution in [1.29, 1.82) is 0 Å². The number of ketones is 1. The van der Waals surface area contributed by atoms with E-state index in [1.165, 1.54) is 0 Å². The summed E-state index contributed by atoms with van der Waals surface area (Å²) in [5, 5.41) is 19.8. The lowest BCUT2D eigenvalue weighted by Gasteiger charge is -2.23. The first-order valence-corrected chi connectivity index (χ1v) is 40.0. The second-order valence-electron chi connectivity index (χ2n) is 30.5. The molecule has 3 aromatic carbocycles. The molecular formula is C86H125O18P. The summed E-state index contributed by atoms with van der Waals surface area (Å²) in [6.07, 6.45) is 25.6. The van der Waals surface area contributed by atoms with Crippen molar-refractivity contribution < 1.29 is 86.2 Å². The number of carbonyl (C=O) groups excluding carboxylic acids is 4. The SMILES string of the molecule is CCC(=O)COc1cc(C)c2c(c1)/C=C/C[C@@H]1OC(C)(C)OC1C(C)/C=C\[C@@H](C)[C@H](C)OC2=O.CCC(O)COc1cc(C)c2c(c1)/C=C/C[C@@H]1OC(C)(C)OC1C(C)/C=C\[C@@H](C)[C@H](C)OC2=O.CCC(O)COc1cc(C)c2c(c1)/C=C/C[C@@H]1OC(C)(C)OC1C(C)/C=C\[C@@H](C)[C@H](C)OC2=O.CPC. The molecule has 0 aliphatic carbocycles. The highest BCUT2D eigenvalue weighted by Gasteiger charge is 2.45. The van der Waals surface area contributed by atoms with Crippen molar-refractivity contribution in [3.05, 3.63) is 141 Å². The molecule has 0 bridgehead atoms. The van der Waals surface area contributed by atoms with Crippen LogP contribution in [0.5, 0.6) is 17.2 Å². The third kappa shape index (κ3) is 25.9. The molecule has 19 heteroatoms. The van der Waals surface area contributed by atoms with Crippen molar-refractivity contribution in [1.82, 2.24) is 0 Å². The Morgan fingerprint density at radius 3 is 0.981 bits per heavy atom. The monoisotopic (exact) mass is 1480 g/mol. The summed E-state index contributed by atoms with van der Waals surface area (Å²) in [7, 11) is 1.08. The zero-order chi connectivity index (χ0) is 77.8. The number of carbonyl (C=O) groups is 4. The molecule has 105 heavy (non-hydrogen) atoms. The summed E-state index contributed by atoms with van der Waals surface area (Å²) in [4.78, 5) is 51.3. The molecule has 17 atom stereocenters. The summed E-state index contributed by atoms with van der Waals surface area (Å²) >= 11 is 0. The van der Waals surface area contributed by atoms with Crippen LogP contribution in [0.2, 0.25) is 0 Å². The molecule has 6 heterocycles. The molecule has 18 nitrogen and oxygen atoms in total. The fourth-order valence-electron chi connectivity index (χ4n) is 13.0. The summed E-state index contributed by atoms with van der Waals surface area (Å²) in [5.41, 5.74) is 5.96. The molecule has 8 unspecified atom stereocenters. The van der Waals surface area contributed by atoms with E-state index in [0.29, 0.717) is 78.0 Å². The van der Waals surface area contributed by atoms with Crippen LogP contribution in [0.1, 0.15) is 228 Å². The third-order valence-electron chi connectivity index (χ3n) is 19.7. The van der Waals surface area contributed by atoms with Gasteiger partial charge in [0.05, 0.1) is 65.5 Å². The van der Waals surface area contributed by atoms with Crippen molar-refractivity contribution in [2.24, 2.45) is 35.5 Å². The number of aryl methyl sites for hydroxylation is 3. The van der Waals surface area contributed by atoms with Crippen LogP contribution in [0.15, 0.2) is 91.1 Å². The summed E-state index contributed by atoms with van der Waals surface area (Å²) in [6, 6.07) is 10.9. The van der Waals surface area contributed by atoms with Crippen LogP contribution in [0.3, 0.4) is 0 Å². The average molecular weight is 1480 g/mol. The molecule has 6 aliphatic heterocycles. The zero-order valence-corrected chi connectivity index (χ0v) is 68.0. The van der Waals surface area contributed by atoms with E-state index in [4.69, 9.17) is 56.8 Å². The minimum atomic E-state index is -0.654. The molecular weight excluding hydrogens is 1350 g/mol. The van der Waals surface area contributed by atoms with Crippen molar-refractivity contribution in [3.8, 4) is 17.2 Å². The molecule has 9 rings (SSSR count). The van der Waals surface area contributed by atoms with Gasteiger partial charge in [-0.15, -0.1) is 8.58 Å². The molecule has 582 valence electrons. The molecule has 6 aliphatic rings. The van der Waals surface area contributed by atoms with E-state index in [1.54, 1.807) is 19.1 Å². The summed E-state index contributed by atoms with van der Waals surface area (Å²) in [5.74, 6) is -0.683. The number of rotatable bonds is 12. The zero-order valence-electron chi connectivity index (χ0n) is 67.0. The Labute approximate surface area is 629 Å². The smallest absolute Gasteiger partial charge is 0.339 e. The number of Topliss-reactive ketones (excluding diaryl/α,β-unsaturated/α-hetero) is 1. The fraction of sp³-hybridized carbons (Fsp3) is 0.605. The summed E-state index contributed by atoms with van der Waals surface area (Å²) in [6.45, 7) is 45.8. The van der Waals surface area contributed by atoms with E-state index < -0.39 is 29.6 Å². The van der Waals surface area contributed by atoms with Gasteiger partial charge in [-0.1, -0.05) is 135 Å². The number of ether oxygens (including phenoxy) is 12. The number of aliphatic hydroxyl groups is 2. The molecule has 3 fully saturated rings. The number of hydrogen-bond donors (Lipinski definition) is 2.